The molecule has 3 aromatic rings. The molecule has 0 atom stereocenters. The Hall–Kier alpha value is -2.04. The van der Waals surface area contributed by atoms with Gasteiger partial charge in [0.15, 0.2) is 0 Å². The molecule has 0 saturated heterocycles. The number of hydrogen-bond acceptors (Lipinski definition) is 2. The van der Waals surface area contributed by atoms with Gasteiger partial charge in [-0.3, -0.25) is 4.79 Å². The average Bonchev–Trinajstić information content (AvgIpc) is 3.45. The maximum absolute atomic E-state index is 11.8. The SMILES string of the molecule is O=C(NCCCc1nc2ccccc2n1Cc1ccc(Cl)cc1Cl)C1CC1. The summed E-state index contributed by atoms with van der Waals surface area (Å²) >= 11 is 12.4. The van der Waals surface area contributed by atoms with Crippen molar-refractivity contribution in [3.05, 3.63) is 63.9 Å². The molecule has 1 saturated carbocycles. The Kier molecular flexibility index (Phi) is 5.37. The first-order valence-electron chi connectivity index (χ1n) is 9.27. The van der Waals surface area contributed by atoms with Crippen LogP contribution in [0.25, 0.3) is 11.0 Å². The minimum absolute atomic E-state index is 0.191. The van der Waals surface area contributed by atoms with E-state index in [-0.39, 0.29) is 11.8 Å². The number of benzene rings is 2. The fourth-order valence-electron chi connectivity index (χ4n) is 3.26. The van der Waals surface area contributed by atoms with Gasteiger partial charge in [-0.2, -0.15) is 0 Å². The summed E-state index contributed by atoms with van der Waals surface area (Å²) < 4.78 is 2.20. The van der Waals surface area contributed by atoms with Crippen LogP contribution in [0.1, 0.15) is 30.7 Å². The van der Waals surface area contributed by atoms with Crippen LogP contribution in [-0.4, -0.2) is 22.0 Å². The van der Waals surface area contributed by atoms with Gasteiger partial charge >= 0.3 is 0 Å². The third-order valence-electron chi connectivity index (χ3n) is 4.90. The molecule has 1 heterocycles. The van der Waals surface area contributed by atoms with Crippen molar-refractivity contribution in [1.82, 2.24) is 14.9 Å². The highest BCUT2D eigenvalue weighted by Gasteiger charge is 2.29. The van der Waals surface area contributed by atoms with E-state index in [0.29, 0.717) is 23.1 Å². The molecule has 6 heteroatoms. The molecule has 1 aliphatic carbocycles. The Bertz CT molecular complexity index is 979. The quantitative estimate of drug-likeness (QED) is 0.575. The normalized spacial score (nSPS) is 13.9. The van der Waals surface area contributed by atoms with Crippen LogP contribution in [0.3, 0.4) is 0 Å². The van der Waals surface area contributed by atoms with E-state index in [1.54, 1.807) is 6.07 Å². The highest BCUT2D eigenvalue weighted by atomic mass is 35.5. The summed E-state index contributed by atoms with van der Waals surface area (Å²) in [6, 6.07) is 13.7. The van der Waals surface area contributed by atoms with Gasteiger partial charge in [-0.15, -0.1) is 0 Å². The standard InChI is InChI=1S/C21H21Cl2N3O/c22-16-10-9-15(17(23)12-16)13-26-19-5-2-1-4-18(19)25-20(26)6-3-11-24-21(27)14-7-8-14/h1-2,4-5,9-10,12,14H,3,6-8,11,13H2,(H,24,27). The summed E-state index contributed by atoms with van der Waals surface area (Å²) in [4.78, 5) is 16.6. The van der Waals surface area contributed by atoms with Gasteiger partial charge < -0.3 is 9.88 Å². The zero-order chi connectivity index (χ0) is 18.8. The highest BCUT2D eigenvalue weighted by Crippen LogP contribution is 2.28. The summed E-state index contributed by atoms with van der Waals surface area (Å²) in [6.07, 6.45) is 3.72. The first-order valence-corrected chi connectivity index (χ1v) is 10.0. The molecule has 0 spiro atoms. The Morgan fingerprint density at radius 1 is 1.19 bits per heavy atom. The Morgan fingerprint density at radius 3 is 2.78 bits per heavy atom. The van der Waals surface area contributed by atoms with Gasteiger partial charge in [-0.1, -0.05) is 41.4 Å². The highest BCUT2D eigenvalue weighted by molar-refractivity contribution is 6.35. The van der Waals surface area contributed by atoms with Crippen LogP contribution >= 0.6 is 23.2 Å². The first-order chi connectivity index (χ1) is 13.1. The van der Waals surface area contributed by atoms with Crippen LogP contribution in [0.15, 0.2) is 42.5 Å². The van der Waals surface area contributed by atoms with E-state index in [4.69, 9.17) is 28.2 Å². The maximum Gasteiger partial charge on any atom is 0.223 e. The second-order valence-corrected chi connectivity index (χ2v) is 7.85. The van der Waals surface area contributed by atoms with E-state index in [1.807, 2.05) is 30.3 Å². The van der Waals surface area contributed by atoms with Crippen LogP contribution in [0.5, 0.6) is 0 Å². The third kappa shape index (κ3) is 4.28. The molecule has 0 aliphatic heterocycles. The van der Waals surface area contributed by atoms with Crippen molar-refractivity contribution in [3.63, 3.8) is 0 Å². The van der Waals surface area contributed by atoms with Crippen LogP contribution in [0.4, 0.5) is 0 Å². The summed E-state index contributed by atoms with van der Waals surface area (Å²) in [5.41, 5.74) is 3.06. The summed E-state index contributed by atoms with van der Waals surface area (Å²) in [7, 11) is 0. The van der Waals surface area contributed by atoms with Crippen molar-refractivity contribution in [1.29, 1.82) is 0 Å². The largest absolute Gasteiger partial charge is 0.356 e. The lowest BCUT2D eigenvalue weighted by molar-refractivity contribution is -0.122. The number of carbonyl (C=O) groups excluding carboxylic acids is 1. The zero-order valence-electron chi connectivity index (χ0n) is 14.9. The Labute approximate surface area is 168 Å². The van der Waals surface area contributed by atoms with Crippen LogP contribution in [-0.2, 0) is 17.8 Å². The van der Waals surface area contributed by atoms with E-state index in [9.17, 15) is 4.79 Å². The van der Waals surface area contributed by atoms with Gasteiger partial charge in [0.25, 0.3) is 0 Å². The lowest BCUT2D eigenvalue weighted by Gasteiger charge is -2.11. The lowest BCUT2D eigenvalue weighted by Crippen LogP contribution is -2.26. The van der Waals surface area contributed by atoms with Gasteiger partial charge in [0.05, 0.1) is 17.6 Å². The Balaban J connectivity index is 1.52. The van der Waals surface area contributed by atoms with Crippen molar-refractivity contribution in [2.75, 3.05) is 6.54 Å². The number of aryl methyl sites for hydroxylation is 1. The van der Waals surface area contributed by atoms with Crippen LogP contribution in [0, 0.1) is 5.92 Å². The molecule has 1 aliphatic rings. The second kappa shape index (κ2) is 7.91. The first kappa shape index (κ1) is 18.3. The number of para-hydroxylation sites is 2. The number of carbonyl (C=O) groups is 1. The smallest absolute Gasteiger partial charge is 0.223 e. The zero-order valence-corrected chi connectivity index (χ0v) is 16.4. The number of halogens is 2. The van der Waals surface area contributed by atoms with Crippen LogP contribution in [0.2, 0.25) is 10.0 Å². The van der Waals surface area contributed by atoms with E-state index in [2.05, 4.69) is 16.0 Å². The second-order valence-electron chi connectivity index (χ2n) is 7.01. The van der Waals surface area contributed by atoms with E-state index < -0.39 is 0 Å². The molecule has 1 N–H and O–H groups in total. The number of imidazole rings is 1. The lowest BCUT2D eigenvalue weighted by atomic mass is 10.2. The molecule has 2 aromatic carbocycles. The predicted octanol–water partition coefficient (Wildman–Crippen LogP) is 4.85. The fourth-order valence-corrected chi connectivity index (χ4v) is 3.73. The van der Waals surface area contributed by atoms with Gasteiger partial charge in [-0.25, -0.2) is 4.98 Å². The average molecular weight is 402 g/mol. The van der Waals surface area contributed by atoms with Gasteiger partial charge in [-0.05, 0) is 49.1 Å². The summed E-state index contributed by atoms with van der Waals surface area (Å²) in [5.74, 6) is 1.45. The van der Waals surface area contributed by atoms with Crippen LogP contribution < -0.4 is 5.32 Å². The molecule has 27 heavy (non-hydrogen) atoms. The molecular formula is C21H21Cl2N3O. The number of hydrogen-bond donors (Lipinski definition) is 1. The molecule has 0 bridgehead atoms. The minimum Gasteiger partial charge on any atom is -0.356 e. The van der Waals surface area contributed by atoms with Crippen molar-refractivity contribution in [3.8, 4) is 0 Å². The van der Waals surface area contributed by atoms with Gasteiger partial charge in [0.2, 0.25) is 5.91 Å². The van der Waals surface area contributed by atoms with E-state index in [1.165, 1.54) is 0 Å². The molecule has 140 valence electrons. The summed E-state index contributed by atoms with van der Waals surface area (Å²) in [6.45, 7) is 1.32. The number of amides is 1. The number of nitrogens with one attached hydrogen (secondary N) is 1. The number of nitrogens with zero attached hydrogens (tertiary/aromatic N) is 2. The minimum atomic E-state index is 0.191. The molecule has 1 fully saturated rings. The molecule has 1 aromatic heterocycles. The summed E-state index contributed by atoms with van der Waals surface area (Å²) in [5, 5.41) is 4.31. The molecule has 0 radical (unpaired) electrons. The molecule has 4 rings (SSSR count). The monoisotopic (exact) mass is 401 g/mol. The van der Waals surface area contributed by atoms with Gasteiger partial charge in [0, 0.05) is 28.9 Å². The number of fused-ring (bicyclic) bond motifs is 1. The Morgan fingerprint density at radius 2 is 2.00 bits per heavy atom. The van der Waals surface area contributed by atoms with Crippen molar-refractivity contribution >= 4 is 40.1 Å². The fraction of sp³-hybridized carbons (Fsp3) is 0.333. The molecule has 4 nitrogen and oxygen atoms in total. The van der Waals surface area contributed by atoms with Crippen molar-refractivity contribution < 1.29 is 4.79 Å². The van der Waals surface area contributed by atoms with E-state index >= 15 is 0 Å². The van der Waals surface area contributed by atoms with Crippen molar-refractivity contribution in [2.45, 2.75) is 32.2 Å². The number of aromatic nitrogens is 2. The molecular weight excluding hydrogens is 381 g/mol. The topological polar surface area (TPSA) is 46.9 Å². The van der Waals surface area contributed by atoms with Crippen molar-refractivity contribution in [2.24, 2.45) is 5.92 Å². The van der Waals surface area contributed by atoms with E-state index in [0.717, 1.165) is 48.1 Å². The van der Waals surface area contributed by atoms with Gasteiger partial charge in [0.1, 0.15) is 5.82 Å². The molecule has 0 unspecified atom stereocenters. The predicted molar refractivity (Wildman–Crippen MR) is 109 cm³/mol. The third-order valence-corrected chi connectivity index (χ3v) is 5.49. The number of rotatable bonds is 7. The molecule has 1 amide bonds. The maximum atomic E-state index is 11.8.